The van der Waals surface area contributed by atoms with Gasteiger partial charge in [0.15, 0.2) is 0 Å². The molecular formula is C18H21NO2. The van der Waals surface area contributed by atoms with Crippen molar-refractivity contribution in [2.24, 2.45) is 5.92 Å². The Morgan fingerprint density at radius 1 is 1.24 bits per heavy atom. The van der Waals surface area contributed by atoms with E-state index in [-0.39, 0.29) is 17.9 Å². The number of aliphatic hydroxyl groups excluding tert-OH is 1. The quantitative estimate of drug-likeness (QED) is 0.920. The van der Waals surface area contributed by atoms with Crippen LogP contribution in [0.4, 0.5) is 0 Å². The van der Waals surface area contributed by atoms with Crippen LogP contribution in [0.3, 0.4) is 0 Å². The molecule has 0 saturated carbocycles. The molecule has 0 bridgehead atoms. The Balaban J connectivity index is 1.90. The molecule has 0 aromatic heterocycles. The van der Waals surface area contributed by atoms with Gasteiger partial charge in [-0.1, -0.05) is 36.4 Å². The topological polar surface area (TPSA) is 40.5 Å². The van der Waals surface area contributed by atoms with Gasteiger partial charge in [0.2, 0.25) is 0 Å². The van der Waals surface area contributed by atoms with Crippen molar-refractivity contribution in [2.45, 2.75) is 25.9 Å². The zero-order valence-electron chi connectivity index (χ0n) is 12.3. The highest BCUT2D eigenvalue weighted by Crippen LogP contribution is 2.24. The van der Waals surface area contributed by atoms with E-state index in [9.17, 15) is 9.90 Å². The van der Waals surface area contributed by atoms with Crippen molar-refractivity contribution in [2.75, 3.05) is 13.1 Å². The number of carbonyl (C=O) groups is 1. The van der Waals surface area contributed by atoms with Gasteiger partial charge >= 0.3 is 0 Å². The lowest BCUT2D eigenvalue weighted by atomic mass is 9.92. The molecule has 0 spiro atoms. The van der Waals surface area contributed by atoms with Gasteiger partial charge in [-0.05, 0) is 36.6 Å². The Kier molecular flexibility index (Phi) is 3.93. The van der Waals surface area contributed by atoms with Crippen LogP contribution in [0.1, 0.15) is 30.1 Å². The molecular weight excluding hydrogens is 262 g/mol. The van der Waals surface area contributed by atoms with Crippen LogP contribution in [-0.4, -0.2) is 35.1 Å². The monoisotopic (exact) mass is 283 g/mol. The summed E-state index contributed by atoms with van der Waals surface area (Å²) in [6, 6.07) is 13.8. The maximum absolute atomic E-state index is 12.8. The molecule has 3 rings (SSSR count). The number of fused-ring (bicyclic) bond motifs is 1. The van der Waals surface area contributed by atoms with Crippen LogP contribution in [0.5, 0.6) is 0 Å². The first kappa shape index (κ1) is 14.1. The van der Waals surface area contributed by atoms with Crippen molar-refractivity contribution < 1.29 is 9.90 Å². The predicted molar refractivity (Wildman–Crippen MR) is 84.3 cm³/mol. The maximum atomic E-state index is 12.8. The second-order valence-corrected chi connectivity index (χ2v) is 5.92. The summed E-state index contributed by atoms with van der Waals surface area (Å²) < 4.78 is 0. The van der Waals surface area contributed by atoms with Gasteiger partial charge in [0.05, 0.1) is 6.10 Å². The maximum Gasteiger partial charge on any atom is 0.254 e. The number of nitrogens with zero attached hydrogens (tertiary/aromatic N) is 1. The Morgan fingerprint density at radius 2 is 2.00 bits per heavy atom. The van der Waals surface area contributed by atoms with Crippen LogP contribution in [0.25, 0.3) is 10.8 Å². The van der Waals surface area contributed by atoms with Gasteiger partial charge in [-0.2, -0.15) is 0 Å². The lowest BCUT2D eigenvalue weighted by Crippen LogP contribution is -2.43. The van der Waals surface area contributed by atoms with Gasteiger partial charge in [-0.3, -0.25) is 4.79 Å². The second-order valence-electron chi connectivity index (χ2n) is 5.92. The summed E-state index contributed by atoms with van der Waals surface area (Å²) in [6.07, 6.45) is 1.61. The van der Waals surface area contributed by atoms with Gasteiger partial charge in [0.25, 0.3) is 5.91 Å². The normalized spacial score (nSPS) is 20.5. The summed E-state index contributed by atoms with van der Waals surface area (Å²) in [6.45, 7) is 3.25. The van der Waals surface area contributed by atoms with Crippen molar-refractivity contribution in [1.82, 2.24) is 4.90 Å². The minimum Gasteiger partial charge on any atom is -0.393 e. The van der Waals surface area contributed by atoms with Crippen LogP contribution in [0, 0.1) is 5.92 Å². The third-order valence-corrected chi connectivity index (χ3v) is 4.45. The molecule has 2 atom stereocenters. The van der Waals surface area contributed by atoms with Gasteiger partial charge in [-0.25, -0.2) is 0 Å². The van der Waals surface area contributed by atoms with E-state index in [0.29, 0.717) is 6.54 Å². The van der Waals surface area contributed by atoms with Crippen molar-refractivity contribution in [1.29, 1.82) is 0 Å². The molecule has 110 valence electrons. The number of rotatable bonds is 2. The van der Waals surface area contributed by atoms with Crippen LogP contribution >= 0.6 is 0 Å². The van der Waals surface area contributed by atoms with E-state index in [0.717, 1.165) is 35.7 Å². The SMILES string of the molecule is CC(O)C1CCCN(C(=O)c2cccc3ccccc23)C1. The molecule has 1 amide bonds. The standard InChI is InChI=1S/C18H21NO2/c1-13(20)15-8-5-11-19(12-15)18(21)17-10-4-7-14-6-2-3-9-16(14)17/h2-4,6-7,9-10,13,15,20H,5,8,11-12H2,1H3. The third-order valence-electron chi connectivity index (χ3n) is 4.45. The fourth-order valence-corrected chi connectivity index (χ4v) is 3.17. The second kappa shape index (κ2) is 5.86. The zero-order chi connectivity index (χ0) is 14.8. The number of amides is 1. The highest BCUT2D eigenvalue weighted by Gasteiger charge is 2.27. The Hall–Kier alpha value is -1.87. The van der Waals surface area contributed by atoms with Crippen molar-refractivity contribution in [3.8, 4) is 0 Å². The minimum absolute atomic E-state index is 0.0807. The van der Waals surface area contributed by atoms with Crippen LogP contribution < -0.4 is 0 Å². The summed E-state index contributed by atoms with van der Waals surface area (Å²) in [7, 11) is 0. The molecule has 2 unspecified atom stereocenters. The lowest BCUT2D eigenvalue weighted by molar-refractivity contribution is 0.0467. The first-order valence-corrected chi connectivity index (χ1v) is 7.62. The van der Waals surface area contributed by atoms with Crippen molar-refractivity contribution in [3.05, 3.63) is 48.0 Å². The van der Waals surface area contributed by atoms with Gasteiger partial charge in [0, 0.05) is 24.6 Å². The third kappa shape index (κ3) is 2.79. The first-order valence-electron chi connectivity index (χ1n) is 7.62. The molecule has 1 aliphatic heterocycles. The van der Waals surface area contributed by atoms with Crippen LogP contribution in [0.15, 0.2) is 42.5 Å². The average molecular weight is 283 g/mol. The number of benzene rings is 2. The zero-order valence-corrected chi connectivity index (χ0v) is 12.3. The predicted octanol–water partition coefficient (Wildman–Crippen LogP) is 3.07. The molecule has 1 fully saturated rings. The summed E-state index contributed by atoms with van der Waals surface area (Å²) in [5, 5.41) is 11.9. The molecule has 1 aliphatic rings. The molecule has 0 aliphatic carbocycles. The summed E-state index contributed by atoms with van der Waals surface area (Å²) in [5.74, 6) is 0.273. The number of likely N-dealkylation sites (tertiary alicyclic amines) is 1. The lowest BCUT2D eigenvalue weighted by Gasteiger charge is -2.34. The van der Waals surface area contributed by atoms with Crippen LogP contribution in [-0.2, 0) is 0 Å². The smallest absolute Gasteiger partial charge is 0.254 e. The average Bonchev–Trinajstić information content (AvgIpc) is 2.53. The van der Waals surface area contributed by atoms with E-state index in [1.807, 2.05) is 54.3 Å². The summed E-state index contributed by atoms with van der Waals surface area (Å²) in [4.78, 5) is 14.7. The van der Waals surface area contributed by atoms with Crippen molar-refractivity contribution >= 4 is 16.7 Å². The van der Waals surface area contributed by atoms with E-state index in [4.69, 9.17) is 0 Å². The highest BCUT2D eigenvalue weighted by molar-refractivity contribution is 6.07. The fourth-order valence-electron chi connectivity index (χ4n) is 3.17. The van der Waals surface area contributed by atoms with Crippen LogP contribution in [0.2, 0.25) is 0 Å². The number of carbonyl (C=O) groups excluding carboxylic acids is 1. The van der Waals surface area contributed by atoms with Gasteiger partial charge in [0.1, 0.15) is 0 Å². The molecule has 0 radical (unpaired) electrons. The number of aliphatic hydroxyl groups is 1. The van der Waals surface area contributed by atoms with Gasteiger partial charge < -0.3 is 10.0 Å². The Morgan fingerprint density at radius 3 is 2.81 bits per heavy atom. The summed E-state index contributed by atoms with van der Waals surface area (Å²) >= 11 is 0. The minimum atomic E-state index is -0.354. The van der Waals surface area contributed by atoms with E-state index in [1.165, 1.54) is 0 Å². The molecule has 1 N–H and O–H groups in total. The molecule has 3 heteroatoms. The fraction of sp³-hybridized carbons (Fsp3) is 0.389. The van der Waals surface area contributed by atoms with E-state index in [2.05, 4.69) is 0 Å². The molecule has 1 saturated heterocycles. The molecule has 3 nitrogen and oxygen atoms in total. The van der Waals surface area contributed by atoms with Gasteiger partial charge in [-0.15, -0.1) is 0 Å². The number of hydrogen-bond donors (Lipinski definition) is 1. The highest BCUT2D eigenvalue weighted by atomic mass is 16.3. The number of piperidine rings is 1. The Labute approximate surface area is 125 Å². The summed E-state index contributed by atoms with van der Waals surface area (Å²) in [5.41, 5.74) is 0.763. The molecule has 2 aromatic carbocycles. The first-order chi connectivity index (χ1) is 10.2. The number of hydrogen-bond acceptors (Lipinski definition) is 2. The Bertz CT molecular complexity index is 645. The molecule has 21 heavy (non-hydrogen) atoms. The van der Waals surface area contributed by atoms with E-state index in [1.54, 1.807) is 0 Å². The van der Waals surface area contributed by atoms with Crippen molar-refractivity contribution in [3.63, 3.8) is 0 Å². The molecule has 2 aromatic rings. The van der Waals surface area contributed by atoms with E-state index >= 15 is 0 Å². The van der Waals surface area contributed by atoms with E-state index < -0.39 is 0 Å². The largest absolute Gasteiger partial charge is 0.393 e. The molecule has 1 heterocycles.